The Labute approximate surface area is 90.7 Å². The number of benzene rings is 1. The Balaban J connectivity index is 2.54. The molecule has 0 spiro atoms. The average molecular weight is 228 g/mol. The fourth-order valence-electron chi connectivity index (χ4n) is 1.82. The Morgan fingerprint density at radius 2 is 1.88 bits per heavy atom. The van der Waals surface area contributed by atoms with Crippen LogP contribution in [0.2, 0.25) is 0 Å². The third-order valence-electron chi connectivity index (χ3n) is 2.89. The molecule has 0 saturated heterocycles. The van der Waals surface area contributed by atoms with E-state index in [1.165, 1.54) is 7.11 Å². The molecule has 86 valence electrons. The maximum absolute atomic E-state index is 13.6. The van der Waals surface area contributed by atoms with Gasteiger partial charge in [0, 0.05) is 17.7 Å². The second-order valence-electron chi connectivity index (χ2n) is 3.85. The van der Waals surface area contributed by atoms with E-state index >= 15 is 0 Å². The maximum Gasteiger partial charge on any atom is 0.314 e. The summed E-state index contributed by atoms with van der Waals surface area (Å²) in [5.74, 6) is -2.87. The molecule has 16 heavy (non-hydrogen) atoms. The van der Waals surface area contributed by atoms with Crippen LogP contribution in [-0.4, -0.2) is 18.2 Å². The lowest BCUT2D eigenvalue weighted by Gasteiger charge is -2.13. The van der Waals surface area contributed by atoms with E-state index in [9.17, 15) is 13.6 Å². The third-order valence-corrected chi connectivity index (χ3v) is 2.89. The Morgan fingerprint density at radius 1 is 1.38 bits per heavy atom. The first kappa shape index (κ1) is 10.9. The van der Waals surface area contributed by atoms with Gasteiger partial charge in [0.15, 0.2) is 0 Å². The summed E-state index contributed by atoms with van der Waals surface area (Å²) in [6, 6.07) is 2.00. The SMILES string of the molecule is COc1cc(F)c(C2(C(=O)O)CC2)c(F)c1. The Hall–Kier alpha value is -1.65. The Bertz CT molecular complexity index is 430. The van der Waals surface area contributed by atoms with Gasteiger partial charge in [0.05, 0.1) is 12.5 Å². The van der Waals surface area contributed by atoms with Gasteiger partial charge in [-0.25, -0.2) is 8.78 Å². The number of carboxylic acid groups (broad SMARTS) is 1. The molecule has 0 aliphatic heterocycles. The largest absolute Gasteiger partial charge is 0.497 e. The van der Waals surface area contributed by atoms with Gasteiger partial charge in [-0.1, -0.05) is 0 Å². The topological polar surface area (TPSA) is 46.5 Å². The Kier molecular flexibility index (Phi) is 2.33. The molecule has 1 aliphatic carbocycles. The van der Waals surface area contributed by atoms with Crippen LogP contribution in [-0.2, 0) is 10.2 Å². The predicted octanol–water partition coefficient (Wildman–Crippen LogP) is 2.09. The maximum atomic E-state index is 13.6. The number of hydrogen-bond donors (Lipinski definition) is 1. The molecule has 0 unspecified atom stereocenters. The van der Waals surface area contributed by atoms with Gasteiger partial charge < -0.3 is 9.84 Å². The highest BCUT2D eigenvalue weighted by Crippen LogP contribution is 2.50. The summed E-state index contributed by atoms with van der Waals surface area (Å²) in [4.78, 5) is 11.0. The van der Waals surface area contributed by atoms with Crippen molar-refractivity contribution in [2.24, 2.45) is 0 Å². The van der Waals surface area contributed by atoms with Crippen LogP contribution in [0, 0.1) is 11.6 Å². The smallest absolute Gasteiger partial charge is 0.314 e. The molecule has 0 amide bonds. The summed E-state index contributed by atoms with van der Waals surface area (Å²) in [5.41, 5.74) is -1.73. The lowest BCUT2D eigenvalue weighted by molar-refractivity contribution is -0.140. The molecule has 5 heteroatoms. The first-order valence-electron chi connectivity index (χ1n) is 4.78. The first-order valence-corrected chi connectivity index (χ1v) is 4.78. The lowest BCUT2D eigenvalue weighted by atomic mass is 9.95. The van der Waals surface area contributed by atoms with Gasteiger partial charge >= 0.3 is 5.97 Å². The quantitative estimate of drug-likeness (QED) is 0.861. The van der Waals surface area contributed by atoms with Gasteiger partial charge in [-0.3, -0.25) is 4.79 Å². The highest BCUT2D eigenvalue weighted by molar-refractivity contribution is 5.85. The number of carbonyl (C=O) groups is 1. The number of rotatable bonds is 3. The monoisotopic (exact) mass is 228 g/mol. The third kappa shape index (κ3) is 1.43. The normalized spacial score (nSPS) is 16.9. The zero-order valence-corrected chi connectivity index (χ0v) is 8.59. The summed E-state index contributed by atoms with van der Waals surface area (Å²) in [7, 11) is 1.29. The van der Waals surface area contributed by atoms with Crippen LogP contribution in [0.5, 0.6) is 5.75 Å². The van der Waals surface area contributed by atoms with Crippen molar-refractivity contribution < 1.29 is 23.4 Å². The molecular weight excluding hydrogens is 218 g/mol. The summed E-state index contributed by atoms with van der Waals surface area (Å²) in [5, 5.41) is 8.97. The van der Waals surface area contributed by atoms with Crippen molar-refractivity contribution in [1.29, 1.82) is 0 Å². The molecule has 0 radical (unpaired) electrons. The summed E-state index contributed by atoms with van der Waals surface area (Å²) >= 11 is 0. The number of ether oxygens (including phenoxy) is 1. The highest BCUT2D eigenvalue weighted by Gasteiger charge is 2.55. The predicted molar refractivity (Wildman–Crippen MR) is 51.5 cm³/mol. The zero-order chi connectivity index (χ0) is 11.9. The minimum atomic E-state index is -1.37. The fraction of sp³-hybridized carbons (Fsp3) is 0.364. The van der Waals surface area contributed by atoms with Crippen LogP contribution >= 0.6 is 0 Å². The van der Waals surface area contributed by atoms with Crippen LogP contribution in [0.4, 0.5) is 8.78 Å². The molecule has 1 aromatic carbocycles. The fourth-order valence-corrected chi connectivity index (χ4v) is 1.82. The van der Waals surface area contributed by atoms with Crippen molar-refractivity contribution in [3.63, 3.8) is 0 Å². The van der Waals surface area contributed by atoms with E-state index in [1.807, 2.05) is 0 Å². The van der Waals surface area contributed by atoms with Crippen LogP contribution in [0.1, 0.15) is 18.4 Å². The summed E-state index contributed by atoms with van der Waals surface area (Å²) in [6.45, 7) is 0. The molecular formula is C11H10F2O3. The standard InChI is InChI=1S/C11H10F2O3/c1-16-6-4-7(12)9(8(13)5-6)11(2-3-11)10(14)15/h4-5H,2-3H2,1H3,(H,14,15). The van der Waals surface area contributed by atoms with E-state index in [1.54, 1.807) is 0 Å². The van der Waals surface area contributed by atoms with Crippen LogP contribution in [0.15, 0.2) is 12.1 Å². The van der Waals surface area contributed by atoms with Crippen molar-refractivity contribution in [3.8, 4) is 5.75 Å². The average Bonchev–Trinajstić information content (AvgIpc) is 2.98. The van der Waals surface area contributed by atoms with Gasteiger partial charge in [-0.2, -0.15) is 0 Å². The van der Waals surface area contributed by atoms with Crippen molar-refractivity contribution in [2.45, 2.75) is 18.3 Å². The molecule has 1 N–H and O–H groups in total. The van der Waals surface area contributed by atoms with Gasteiger partial charge in [-0.15, -0.1) is 0 Å². The number of methoxy groups -OCH3 is 1. The number of carboxylic acids is 1. The summed E-state index contributed by atoms with van der Waals surface area (Å²) in [6.07, 6.45) is 0.533. The Morgan fingerprint density at radius 3 is 2.19 bits per heavy atom. The van der Waals surface area contributed by atoms with Crippen molar-refractivity contribution in [2.75, 3.05) is 7.11 Å². The first-order chi connectivity index (χ1) is 7.51. The number of hydrogen-bond acceptors (Lipinski definition) is 2. The molecule has 0 atom stereocenters. The van der Waals surface area contributed by atoms with Crippen molar-refractivity contribution >= 4 is 5.97 Å². The zero-order valence-electron chi connectivity index (χ0n) is 8.59. The molecule has 3 nitrogen and oxygen atoms in total. The number of aliphatic carboxylic acids is 1. The highest BCUT2D eigenvalue weighted by atomic mass is 19.1. The minimum Gasteiger partial charge on any atom is -0.497 e. The number of halogens is 2. The van der Waals surface area contributed by atoms with Gasteiger partial charge in [0.2, 0.25) is 0 Å². The molecule has 1 aliphatic rings. The summed E-state index contributed by atoms with van der Waals surface area (Å²) < 4.78 is 31.9. The second kappa shape index (κ2) is 3.43. The molecule has 1 saturated carbocycles. The molecule has 1 aromatic rings. The van der Waals surface area contributed by atoms with Gasteiger partial charge in [0.25, 0.3) is 0 Å². The van der Waals surface area contributed by atoms with E-state index in [0.29, 0.717) is 0 Å². The van der Waals surface area contributed by atoms with Crippen LogP contribution in [0.25, 0.3) is 0 Å². The van der Waals surface area contributed by atoms with Gasteiger partial charge in [-0.05, 0) is 12.8 Å². The van der Waals surface area contributed by atoms with E-state index in [0.717, 1.165) is 12.1 Å². The van der Waals surface area contributed by atoms with Crippen LogP contribution in [0.3, 0.4) is 0 Å². The molecule has 0 bridgehead atoms. The van der Waals surface area contributed by atoms with Crippen LogP contribution < -0.4 is 4.74 Å². The van der Waals surface area contributed by atoms with Crippen molar-refractivity contribution in [1.82, 2.24) is 0 Å². The lowest BCUT2D eigenvalue weighted by Crippen LogP contribution is -2.22. The molecule has 1 fully saturated rings. The van der Waals surface area contributed by atoms with E-state index in [2.05, 4.69) is 0 Å². The van der Waals surface area contributed by atoms with E-state index in [4.69, 9.17) is 9.84 Å². The molecule has 2 rings (SSSR count). The molecule has 0 heterocycles. The van der Waals surface area contributed by atoms with E-state index in [-0.39, 0.29) is 24.2 Å². The van der Waals surface area contributed by atoms with E-state index < -0.39 is 23.0 Å². The second-order valence-corrected chi connectivity index (χ2v) is 3.85. The van der Waals surface area contributed by atoms with Crippen molar-refractivity contribution in [3.05, 3.63) is 29.3 Å². The van der Waals surface area contributed by atoms with Gasteiger partial charge in [0.1, 0.15) is 17.4 Å². The minimum absolute atomic E-state index is 0.0416. The molecule has 0 aromatic heterocycles.